The number of hydrogen-bond donors (Lipinski definition) is 1. The van der Waals surface area contributed by atoms with Crippen LogP contribution in [0.15, 0.2) is 29.6 Å². The first-order valence-electron chi connectivity index (χ1n) is 10.6. The minimum Gasteiger partial charge on any atom is -0.489 e. The molecule has 148 valence electrons. The smallest absolute Gasteiger partial charge is 0.261 e. The van der Waals surface area contributed by atoms with E-state index in [9.17, 15) is 4.79 Å². The van der Waals surface area contributed by atoms with Crippen molar-refractivity contribution in [2.75, 3.05) is 0 Å². The zero-order chi connectivity index (χ0) is 19.3. The van der Waals surface area contributed by atoms with Crippen LogP contribution in [0.3, 0.4) is 0 Å². The Balaban J connectivity index is 1.23. The molecule has 0 aliphatic heterocycles. The molecule has 1 heterocycles. The van der Waals surface area contributed by atoms with Crippen LogP contribution in [0.5, 0.6) is 5.75 Å². The lowest BCUT2D eigenvalue weighted by Crippen LogP contribution is -2.59. The van der Waals surface area contributed by atoms with Gasteiger partial charge in [-0.05, 0) is 93.2 Å². The Morgan fingerprint density at radius 1 is 1.11 bits per heavy atom. The predicted molar refractivity (Wildman–Crippen MR) is 113 cm³/mol. The molecule has 0 atom stereocenters. The van der Waals surface area contributed by atoms with Crippen molar-refractivity contribution in [3.05, 3.63) is 51.2 Å². The molecular formula is C24H29NO2S. The van der Waals surface area contributed by atoms with Crippen molar-refractivity contribution >= 4 is 17.2 Å². The third-order valence-electron chi connectivity index (χ3n) is 7.02. The zero-order valence-electron chi connectivity index (χ0n) is 16.8. The number of benzene rings is 1. The topological polar surface area (TPSA) is 38.3 Å². The lowest BCUT2D eigenvalue weighted by atomic mass is 9.53. The van der Waals surface area contributed by atoms with Gasteiger partial charge in [-0.15, -0.1) is 11.3 Å². The lowest BCUT2D eigenvalue weighted by molar-refractivity contribution is -0.0166. The summed E-state index contributed by atoms with van der Waals surface area (Å²) in [7, 11) is 0. The van der Waals surface area contributed by atoms with Gasteiger partial charge in [0.25, 0.3) is 5.91 Å². The molecule has 6 rings (SSSR count). The van der Waals surface area contributed by atoms with E-state index in [1.54, 1.807) is 0 Å². The molecule has 1 aromatic carbocycles. The van der Waals surface area contributed by atoms with Gasteiger partial charge < -0.3 is 10.1 Å². The summed E-state index contributed by atoms with van der Waals surface area (Å²) in [5, 5.41) is 5.53. The van der Waals surface area contributed by atoms with Crippen molar-refractivity contribution in [3.63, 3.8) is 0 Å². The van der Waals surface area contributed by atoms with Gasteiger partial charge in [-0.1, -0.05) is 17.7 Å². The lowest BCUT2D eigenvalue weighted by Gasteiger charge is -2.56. The molecule has 0 spiro atoms. The maximum Gasteiger partial charge on any atom is 0.261 e. The van der Waals surface area contributed by atoms with Gasteiger partial charge in [-0.3, -0.25) is 4.79 Å². The number of carbonyl (C=O) groups is 1. The van der Waals surface area contributed by atoms with Gasteiger partial charge in [0.15, 0.2) is 0 Å². The molecule has 1 aromatic heterocycles. The average molecular weight is 396 g/mol. The number of thiophene rings is 1. The summed E-state index contributed by atoms with van der Waals surface area (Å²) in [6, 6.07) is 8.23. The van der Waals surface area contributed by atoms with E-state index in [1.807, 2.05) is 12.1 Å². The van der Waals surface area contributed by atoms with Crippen molar-refractivity contribution < 1.29 is 9.53 Å². The Morgan fingerprint density at radius 2 is 1.79 bits per heavy atom. The zero-order valence-corrected chi connectivity index (χ0v) is 17.6. The van der Waals surface area contributed by atoms with E-state index in [2.05, 4.69) is 36.7 Å². The van der Waals surface area contributed by atoms with Crippen LogP contribution >= 0.6 is 11.3 Å². The molecule has 4 aliphatic carbocycles. The molecule has 0 unspecified atom stereocenters. The van der Waals surface area contributed by atoms with Crippen LogP contribution in [-0.2, 0) is 6.61 Å². The number of hydrogen-bond acceptors (Lipinski definition) is 3. The average Bonchev–Trinajstić information content (AvgIpc) is 3.08. The highest BCUT2D eigenvalue weighted by Gasteiger charge is 2.51. The first kappa shape index (κ1) is 18.2. The minimum absolute atomic E-state index is 0.0749. The van der Waals surface area contributed by atoms with Gasteiger partial charge in [0.1, 0.15) is 12.4 Å². The van der Waals surface area contributed by atoms with Crippen LogP contribution in [0.4, 0.5) is 0 Å². The van der Waals surface area contributed by atoms with Crippen molar-refractivity contribution in [1.82, 2.24) is 5.32 Å². The maximum absolute atomic E-state index is 13.0. The first-order chi connectivity index (χ1) is 13.5. The normalized spacial score (nSPS) is 30.4. The number of nitrogens with one attached hydrogen (secondary N) is 1. The van der Waals surface area contributed by atoms with Crippen molar-refractivity contribution in [2.24, 2.45) is 17.8 Å². The molecule has 4 bridgehead atoms. The highest BCUT2D eigenvalue weighted by molar-refractivity contribution is 7.12. The van der Waals surface area contributed by atoms with Crippen molar-refractivity contribution in [3.8, 4) is 5.75 Å². The summed E-state index contributed by atoms with van der Waals surface area (Å²) in [5.74, 6) is 3.56. The molecule has 0 saturated heterocycles. The van der Waals surface area contributed by atoms with E-state index < -0.39 is 0 Å². The summed E-state index contributed by atoms with van der Waals surface area (Å²) in [5.41, 5.74) is 3.53. The van der Waals surface area contributed by atoms with E-state index in [0.29, 0.717) is 6.61 Å². The molecule has 4 aliphatic rings. The van der Waals surface area contributed by atoms with E-state index >= 15 is 0 Å². The summed E-state index contributed by atoms with van der Waals surface area (Å²) in [6.45, 7) is 4.66. The number of carbonyl (C=O) groups excluding carboxylic acids is 1. The molecule has 1 amide bonds. The second kappa shape index (κ2) is 6.91. The Hall–Kier alpha value is -1.81. The summed E-state index contributed by atoms with van der Waals surface area (Å²) < 4.78 is 5.98. The predicted octanol–water partition coefficient (Wildman–Crippen LogP) is 5.64. The summed E-state index contributed by atoms with van der Waals surface area (Å²) in [4.78, 5) is 13.8. The van der Waals surface area contributed by atoms with E-state index in [-0.39, 0.29) is 11.4 Å². The Morgan fingerprint density at radius 3 is 2.43 bits per heavy atom. The molecule has 4 saturated carbocycles. The monoisotopic (exact) mass is 395 g/mol. The third kappa shape index (κ3) is 3.47. The first-order valence-corrected chi connectivity index (χ1v) is 11.5. The number of aryl methyl sites for hydroxylation is 2. The molecule has 4 heteroatoms. The van der Waals surface area contributed by atoms with Gasteiger partial charge in [-0.25, -0.2) is 0 Å². The van der Waals surface area contributed by atoms with E-state index in [4.69, 9.17) is 4.74 Å². The van der Waals surface area contributed by atoms with Crippen LogP contribution in [0, 0.1) is 31.6 Å². The van der Waals surface area contributed by atoms with Gasteiger partial charge >= 0.3 is 0 Å². The fourth-order valence-electron chi connectivity index (χ4n) is 6.26. The Labute approximate surface area is 171 Å². The fourth-order valence-corrected chi connectivity index (χ4v) is 7.05. The fraction of sp³-hybridized carbons (Fsp3) is 0.542. The Kier molecular flexibility index (Phi) is 4.50. The molecule has 3 nitrogen and oxygen atoms in total. The number of amides is 1. The highest BCUT2D eigenvalue weighted by atomic mass is 32.1. The standard InChI is InChI=1S/C24H29NO2S/c1-15-3-4-21(16(2)5-15)27-13-20-9-22(28-14-20)23(26)25-24-10-17-6-18(11-24)8-19(7-17)12-24/h3-5,9,14,17-19H,6-8,10-13H2,1-2H3,(H,25,26). The third-order valence-corrected chi connectivity index (χ3v) is 8.00. The minimum atomic E-state index is 0.0749. The van der Waals surface area contributed by atoms with E-state index in [1.165, 1.54) is 55.4 Å². The summed E-state index contributed by atoms with van der Waals surface area (Å²) >= 11 is 1.54. The van der Waals surface area contributed by atoms with Gasteiger partial charge in [0.2, 0.25) is 0 Å². The maximum atomic E-state index is 13.0. The van der Waals surface area contributed by atoms with Crippen LogP contribution < -0.4 is 10.1 Å². The van der Waals surface area contributed by atoms with Gasteiger partial charge in [-0.2, -0.15) is 0 Å². The van der Waals surface area contributed by atoms with Crippen LogP contribution in [0.25, 0.3) is 0 Å². The second-order valence-corrected chi connectivity index (χ2v) is 10.4. The largest absolute Gasteiger partial charge is 0.489 e. The Bertz CT molecular complexity index is 864. The van der Waals surface area contributed by atoms with Crippen LogP contribution in [-0.4, -0.2) is 11.4 Å². The molecule has 28 heavy (non-hydrogen) atoms. The van der Waals surface area contributed by atoms with Gasteiger partial charge in [0.05, 0.1) is 4.88 Å². The van der Waals surface area contributed by atoms with Crippen LogP contribution in [0.1, 0.15) is 64.9 Å². The number of ether oxygens (including phenoxy) is 1. The quantitative estimate of drug-likeness (QED) is 0.711. The second-order valence-electron chi connectivity index (χ2n) is 9.53. The summed E-state index contributed by atoms with van der Waals surface area (Å²) in [6.07, 6.45) is 7.77. The number of rotatable bonds is 5. The van der Waals surface area contributed by atoms with Crippen molar-refractivity contribution in [1.29, 1.82) is 0 Å². The van der Waals surface area contributed by atoms with Gasteiger partial charge in [0, 0.05) is 11.1 Å². The molecule has 2 aromatic rings. The molecule has 4 fully saturated rings. The molecular weight excluding hydrogens is 366 g/mol. The molecule has 0 radical (unpaired) electrons. The molecule has 1 N–H and O–H groups in total. The SMILES string of the molecule is Cc1ccc(OCc2csc(C(=O)NC34CC5CC(CC(C5)C3)C4)c2)c(C)c1. The van der Waals surface area contributed by atoms with E-state index in [0.717, 1.165) is 39.5 Å². The van der Waals surface area contributed by atoms with Crippen molar-refractivity contribution in [2.45, 2.75) is 64.5 Å². The highest BCUT2D eigenvalue weighted by Crippen LogP contribution is 2.55. The van der Waals surface area contributed by atoms with Crippen LogP contribution in [0.2, 0.25) is 0 Å².